The van der Waals surface area contributed by atoms with E-state index in [4.69, 9.17) is 0 Å². The third-order valence-corrected chi connectivity index (χ3v) is 5.92. The summed E-state index contributed by atoms with van der Waals surface area (Å²) in [6.07, 6.45) is 0. The summed E-state index contributed by atoms with van der Waals surface area (Å²) >= 11 is -0.474. The second-order valence-electron chi connectivity index (χ2n) is 2.69. The zero-order valence-corrected chi connectivity index (χ0v) is 11.5. The average Bonchev–Trinajstić information content (AvgIpc) is 2.00. The second-order valence-corrected chi connectivity index (χ2v) is 6.36. The van der Waals surface area contributed by atoms with E-state index < -0.39 is 14.4 Å². The molecular weight excluding hydrogens is 208 g/mol. The van der Waals surface area contributed by atoms with Crippen molar-refractivity contribution >= 4 is 39.2 Å². The molecule has 0 heterocycles. The molecule has 4 heteroatoms. The summed E-state index contributed by atoms with van der Waals surface area (Å²) in [7, 11) is 0. The molecule has 0 spiro atoms. The summed E-state index contributed by atoms with van der Waals surface area (Å²) in [6, 6.07) is 0. The minimum Gasteiger partial charge on any atom is -0.385 e. The molecule has 76 valence electrons. The minimum absolute atomic E-state index is 0. The molecule has 0 aliphatic rings. The van der Waals surface area contributed by atoms with Crippen LogP contribution in [0, 0.1) is 0 Å². The van der Waals surface area contributed by atoms with E-state index in [0.29, 0.717) is 0 Å². The quantitative estimate of drug-likeness (QED) is 0.655. The van der Waals surface area contributed by atoms with Crippen LogP contribution in [0.3, 0.4) is 0 Å². The zero-order chi connectivity index (χ0) is 7.98. The Morgan fingerprint density at radius 2 is 1.17 bits per heavy atom. The molecule has 0 unspecified atom stereocenters. The lowest BCUT2D eigenvalue weighted by Gasteiger charge is -2.23. The van der Waals surface area contributed by atoms with Crippen LogP contribution in [0.2, 0.25) is 10.6 Å². The first-order valence-corrected chi connectivity index (χ1v) is 6.68. The van der Waals surface area contributed by atoms with Gasteiger partial charge in [0, 0.05) is 0 Å². The zero-order valence-electron chi connectivity index (χ0n) is 8.67. The van der Waals surface area contributed by atoms with Crippen molar-refractivity contribution < 1.29 is 0 Å². The van der Waals surface area contributed by atoms with Crippen LogP contribution in [0.25, 0.3) is 0 Å². The molecule has 0 aliphatic heterocycles. The van der Waals surface area contributed by atoms with E-state index in [2.05, 4.69) is 31.6 Å². The van der Waals surface area contributed by atoms with Crippen molar-refractivity contribution in [3.8, 4) is 0 Å². The van der Waals surface area contributed by atoms with Gasteiger partial charge in [0.15, 0.2) is 0 Å². The van der Waals surface area contributed by atoms with Crippen molar-refractivity contribution in [1.29, 1.82) is 0 Å². The highest BCUT2D eigenvalue weighted by Crippen LogP contribution is 2.03. The molecule has 0 aromatic carbocycles. The summed E-state index contributed by atoms with van der Waals surface area (Å²) in [5.74, 6) is 0. The summed E-state index contributed by atoms with van der Waals surface area (Å²) in [5.41, 5.74) is 0. The van der Waals surface area contributed by atoms with Gasteiger partial charge in [-0.15, -0.1) is 24.8 Å². The normalized spacial score (nSPS) is 8.75. The third-order valence-electron chi connectivity index (χ3n) is 2.27. The molecule has 1 nitrogen and oxygen atoms in total. The Morgan fingerprint density at radius 1 is 0.833 bits per heavy atom. The van der Waals surface area contributed by atoms with Gasteiger partial charge in [0.2, 0.25) is 0 Å². The third kappa shape index (κ3) is 6.57. The molecule has 0 aromatic rings. The Bertz CT molecular complexity index is 65.5. The number of rotatable bonds is 5. The maximum absolute atomic E-state index is 2.67. The molecule has 0 fully saturated rings. The van der Waals surface area contributed by atoms with Gasteiger partial charge in [-0.25, -0.2) is 0 Å². The molecule has 0 radical (unpaired) electrons. The van der Waals surface area contributed by atoms with Crippen LogP contribution in [0.5, 0.6) is 0 Å². The van der Waals surface area contributed by atoms with Gasteiger partial charge < -0.3 is 3.88 Å². The smallest absolute Gasteiger partial charge is 0.372 e. The van der Waals surface area contributed by atoms with Gasteiger partial charge in [-0.3, -0.25) is 0 Å². The number of nitrogens with zero attached hydrogens (tertiary/aromatic N) is 1. The number of hydrogen-bond donors (Lipinski definition) is 0. The Hall–Kier alpha value is 1.07. The fraction of sp³-hybridized carbons (Fsp3) is 1.00. The molecule has 0 saturated heterocycles. The van der Waals surface area contributed by atoms with Crippen molar-refractivity contribution in [2.24, 2.45) is 0 Å². The van der Waals surface area contributed by atoms with Gasteiger partial charge in [0.1, 0.15) is 0 Å². The maximum atomic E-state index is 2.67. The van der Waals surface area contributed by atoms with E-state index in [-0.39, 0.29) is 24.8 Å². The molecule has 0 atom stereocenters. The van der Waals surface area contributed by atoms with Gasteiger partial charge >= 0.3 is 14.4 Å². The maximum Gasteiger partial charge on any atom is 0.372 e. The number of hydrogen-bond acceptors (Lipinski definition) is 1. The molecule has 0 bridgehead atoms. The van der Waals surface area contributed by atoms with Gasteiger partial charge in [0.05, 0.1) is 0 Å². The highest BCUT2D eigenvalue weighted by atomic mass is 35.5. The average molecular weight is 230 g/mol. The van der Waals surface area contributed by atoms with Crippen LogP contribution >= 0.6 is 24.8 Å². The monoisotopic (exact) mass is 229 g/mol. The Labute approximate surface area is 94.3 Å². The predicted octanol–water partition coefficient (Wildman–Crippen LogP) is 3.20. The van der Waals surface area contributed by atoms with Gasteiger partial charge in [0.25, 0.3) is 0 Å². The molecule has 0 amide bonds. The van der Waals surface area contributed by atoms with E-state index in [9.17, 15) is 0 Å². The molecule has 0 rings (SSSR count). The van der Waals surface area contributed by atoms with E-state index in [1.165, 1.54) is 23.7 Å². The van der Waals surface area contributed by atoms with Crippen LogP contribution in [0.1, 0.15) is 27.7 Å². The molecule has 0 saturated carbocycles. The first-order valence-electron chi connectivity index (χ1n) is 4.54. The van der Waals surface area contributed by atoms with E-state index >= 15 is 0 Å². The number of halogens is 2. The van der Waals surface area contributed by atoms with Crippen LogP contribution < -0.4 is 0 Å². The lowest BCUT2D eigenvalue weighted by atomic mass is 10.7. The van der Waals surface area contributed by atoms with Crippen LogP contribution in [-0.4, -0.2) is 31.3 Å². The first-order chi connectivity index (χ1) is 4.79. The first kappa shape index (κ1) is 18.8. The van der Waals surface area contributed by atoms with Crippen LogP contribution in [0.15, 0.2) is 0 Å². The van der Waals surface area contributed by atoms with E-state index in [0.717, 1.165) is 0 Å². The standard InChI is InChI=1S/C4H10N.2C2H5.Al.2ClH/c1-3-5-4-2;2*1-2;;;/h3-4H2,1-2H3;2*1H2,2H3;;2*1H/q-1;;;+1;;. The highest BCUT2D eigenvalue weighted by molar-refractivity contribution is 6.55. The fourth-order valence-electron chi connectivity index (χ4n) is 1.55. The Balaban J connectivity index is -0.000000405. The van der Waals surface area contributed by atoms with Crippen molar-refractivity contribution in [1.82, 2.24) is 3.88 Å². The van der Waals surface area contributed by atoms with E-state index in [1.807, 2.05) is 0 Å². The lowest BCUT2D eigenvalue weighted by molar-refractivity contribution is 0.476. The second kappa shape index (κ2) is 12.1. The summed E-state index contributed by atoms with van der Waals surface area (Å²) in [6.45, 7) is 11.7. The Morgan fingerprint density at radius 3 is 1.25 bits per heavy atom. The van der Waals surface area contributed by atoms with Gasteiger partial charge in [-0.2, -0.15) is 0 Å². The lowest BCUT2D eigenvalue weighted by Crippen LogP contribution is -2.37. The molecule has 0 aliphatic carbocycles. The topological polar surface area (TPSA) is 3.24 Å². The van der Waals surface area contributed by atoms with Crippen molar-refractivity contribution in [2.75, 3.05) is 13.1 Å². The Kier molecular flexibility index (Phi) is 18.9. The molecule has 12 heavy (non-hydrogen) atoms. The van der Waals surface area contributed by atoms with Gasteiger partial charge in [-0.05, 0) is 13.1 Å². The minimum atomic E-state index is -0.474. The highest BCUT2D eigenvalue weighted by Gasteiger charge is 2.18. The summed E-state index contributed by atoms with van der Waals surface area (Å²) in [5, 5.41) is 2.86. The van der Waals surface area contributed by atoms with Gasteiger partial charge in [-0.1, -0.05) is 38.3 Å². The summed E-state index contributed by atoms with van der Waals surface area (Å²) in [4.78, 5) is 0. The molecular formula is C8H22AlCl2N. The van der Waals surface area contributed by atoms with Crippen LogP contribution in [0.4, 0.5) is 0 Å². The van der Waals surface area contributed by atoms with Crippen molar-refractivity contribution in [3.05, 3.63) is 0 Å². The van der Waals surface area contributed by atoms with Crippen molar-refractivity contribution in [2.45, 2.75) is 38.3 Å². The largest absolute Gasteiger partial charge is 0.385 e. The van der Waals surface area contributed by atoms with Crippen molar-refractivity contribution in [3.63, 3.8) is 0 Å². The molecule has 0 aromatic heterocycles. The fourth-order valence-corrected chi connectivity index (χ4v) is 4.19. The SMILES string of the molecule is CC[N](CC)[Al]([CH2]C)[CH2]C.Cl.Cl. The van der Waals surface area contributed by atoms with E-state index in [1.54, 1.807) is 0 Å². The summed E-state index contributed by atoms with van der Waals surface area (Å²) < 4.78 is 2.67. The predicted molar refractivity (Wildman–Crippen MR) is 64.1 cm³/mol. The van der Waals surface area contributed by atoms with Crippen LogP contribution in [-0.2, 0) is 0 Å². The molecule has 0 N–H and O–H groups in total.